The van der Waals surface area contributed by atoms with Gasteiger partial charge in [0.1, 0.15) is 12.0 Å². The molecule has 4 heteroatoms. The van der Waals surface area contributed by atoms with Gasteiger partial charge >= 0.3 is 0 Å². The number of methoxy groups -OCH3 is 1. The fraction of sp³-hybridized carbons (Fsp3) is 0.417. The normalized spacial score (nSPS) is 12.2. The molecule has 0 fully saturated rings. The lowest BCUT2D eigenvalue weighted by Crippen LogP contribution is -2.22. The van der Waals surface area contributed by atoms with E-state index < -0.39 is 0 Å². The van der Waals surface area contributed by atoms with Crippen molar-refractivity contribution >= 4 is 17.9 Å². The van der Waals surface area contributed by atoms with Gasteiger partial charge in [0.25, 0.3) is 0 Å². The molecule has 0 radical (unpaired) electrons. The summed E-state index contributed by atoms with van der Waals surface area (Å²) in [5.74, 6) is 0.713. The highest BCUT2D eigenvalue weighted by molar-refractivity contribution is 6.30. The Morgan fingerprint density at radius 2 is 2.31 bits per heavy atom. The highest BCUT2D eigenvalue weighted by atomic mass is 35.5. The number of rotatable bonds is 6. The summed E-state index contributed by atoms with van der Waals surface area (Å²) in [6.07, 6.45) is 1.59. The molecule has 0 aliphatic heterocycles. The molecule has 16 heavy (non-hydrogen) atoms. The van der Waals surface area contributed by atoms with E-state index in [4.69, 9.17) is 16.3 Å². The van der Waals surface area contributed by atoms with Crippen LogP contribution in [0.5, 0.6) is 5.75 Å². The van der Waals surface area contributed by atoms with Gasteiger partial charge in [0.15, 0.2) is 0 Å². The zero-order valence-corrected chi connectivity index (χ0v) is 10.3. The van der Waals surface area contributed by atoms with Gasteiger partial charge in [0, 0.05) is 17.5 Å². The standard InChI is InChI=1S/C12H16ClNO2/c1-14-7-9(8-15)5-10-6-11(13)3-4-12(10)16-2/h3-4,6,8-9,14H,5,7H2,1-2H3/t9-/m0/s1. The summed E-state index contributed by atoms with van der Waals surface area (Å²) in [5, 5.41) is 3.64. The topological polar surface area (TPSA) is 38.3 Å². The molecule has 0 aromatic heterocycles. The molecule has 0 aliphatic rings. The van der Waals surface area contributed by atoms with Crippen molar-refractivity contribution in [2.75, 3.05) is 20.7 Å². The summed E-state index contributed by atoms with van der Waals surface area (Å²) in [7, 11) is 3.44. The number of halogens is 1. The monoisotopic (exact) mass is 241 g/mol. The van der Waals surface area contributed by atoms with Crippen molar-refractivity contribution in [3.63, 3.8) is 0 Å². The van der Waals surface area contributed by atoms with Gasteiger partial charge in [-0.2, -0.15) is 0 Å². The summed E-state index contributed by atoms with van der Waals surface area (Å²) in [4.78, 5) is 10.9. The van der Waals surface area contributed by atoms with Crippen LogP contribution >= 0.6 is 11.6 Å². The first kappa shape index (κ1) is 13.0. The van der Waals surface area contributed by atoms with Gasteiger partial charge in [0.2, 0.25) is 0 Å². The predicted octanol–water partition coefficient (Wildman–Crippen LogP) is 1.93. The van der Waals surface area contributed by atoms with E-state index in [9.17, 15) is 4.79 Å². The lowest BCUT2D eigenvalue weighted by Gasteiger charge is -2.13. The second kappa shape index (κ2) is 6.51. The molecule has 88 valence electrons. The molecular weight excluding hydrogens is 226 g/mol. The van der Waals surface area contributed by atoms with Crippen molar-refractivity contribution in [3.05, 3.63) is 28.8 Å². The minimum atomic E-state index is -0.0580. The lowest BCUT2D eigenvalue weighted by molar-refractivity contribution is -0.110. The van der Waals surface area contributed by atoms with Crippen LogP contribution in [0.2, 0.25) is 5.02 Å². The molecule has 1 N–H and O–H groups in total. The fourth-order valence-corrected chi connectivity index (χ4v) is 1.81. The zero-order valence-electron chi connectivity index (χ0n) is 9.50. The SMILES string of the molecule is CNC[C@@H](C=O)Cc1cc(Cl)ccc1OC. The average Bonchev–Trinajstić information content (AvgIpc) is 2.29. The van der Waals surface area contributed by atoms with E-state index in [2.05, 4.69) is 5.32 Å². The Morgan fingerprint density at radius 3 is 2.88 bits per heavy atom. The molecule has 0 saturated heterocycles. The van der Waals surface area contributed by atoms with E-state index in [1.54, 1.807) is 13.2 Å². The molecule has 1 aromatic rings. The number of aldehydes is 1. The van der Waals surface area contributed by atoms with Crippen LogP contribution in [-0.2, 0) is 11.2 Å². The van der Waals surface area contributed by atoms with Gasteiger partial charge < -0.3 is 14.8 Å². The van der Waals surface area contributed by atoms with E-state index in [-0.39, 0.29) is 5.92 Å². The lowest BCUT2D eigenvalue weighted by atomic mass is 10.00. The third kappa shape index (κ3) is 3.51. The molecule has 0 unspecified atom stereocenters. The van der Waals surface area contributed by atoms with E-state index in [1.165, 1.54) is 0 Å². The summed E-state index contributed by atoms with van der Waals surface area (Å²) in [5.41, 5.74) is 0.961. The first-order chi connectivity index (χ1) is 7.71. The molecule has 3 nitrogen and oxygen atoms in total. The smallest absolute Gasteiger partial charge is 0.124 e. The number of ether oxygens (including phenoxy) is 1. The Bertz CT molecular complexity index is 355. The van der Waals surface area contributed by atoms with E-state index >= 15 is 0 Å². The Kier molecular flexibility index (Phi) is 5.29. The van der Waals surface area contributed by atoms with Crippen molar-refractivity contribution in [3.8, 4) is 5.75 Å². The molecule has 0 bridgehead atoms. The van der Waals surface area contributed by atoms with Crippen LogP contribution in [0.15, 0.2) is 18.2 Å². The van der Waals surface area contributed by atoms with Gasteiger partial charge in [-0.15, -0.1) is 0 Å². The van der Waals surface area contributed by atoms with Gasteiger partial charge in [0.05, 0.1) is 7.11 Å². The van der Waals surface area contributed by atoms with Crippen LogP contribution in [0.1, 0.15) is 5.56 Å². The van der Waals surface area contributed by atoms with Gasteiger partial charge in [-0.25, -0.2) is 0 Å². The quantitative estimate of drug-likeness (QED) is 0.774. The molecule has 0 spiro atoms. The minimum Gasteiger partial charge on any atom is -0.496 e. The summed E-state index contributed by atoms with van der Waals surface area (Å²) >= 11 is 5.92. The molecule has 1 rings (SSSR count). The van der Waals surface area contributed by atoms with E-state index in [0.717, 1.165) is 17.6 Å². The van der Waals surface area contributed by atoms with Crippen molar-refractivity contribution < 1.29 is 9.53 Å². The van der Waals surface area contributed by atoms with Crippen LogP contribution in [0.25, 0.3) is 0 Å². The minimum absolute atomic E-state index is 0.0580. The molecule has 0 heterocycles. The first-order valence-corrected chi connectivity index (χ1v) is 5.51. The van der Waals surface area contributed by atoms with E-state index in [0.29, 0.717) is 18.0 Å². The number of carbonyl (C=O) groups excluding carboxylic acids is 1. The summed E-state index contributed by atoms with van der Waals surface area (Å²) in [6, 6.07) is 5.43. The number of hydrogen-bond acceptors (Lipinski definition) is 3. The Morgan fingerprint density at radius 1 is 1.56 bits per heavy atom. The van der Waals surface area contributed by atoms with Crippen molar-refractivity contribution in [2.45, 2.75) is 6.42 Å². The van der Waals surface area contributed by atoms with Gasteiger partial charge in [-0.3, -0.25) is 0 Å². The fourth-order valence-electron chi connectivity index (χ4n) is 1.62. The Labute approximate surface area is 101 Å². The second-order valence-electron chi connectivity index (χ2n) is 3.61. The highest BCUT2D eigenvalue weighted by Gasteiger charge is 2.11. The summed E-state index contributed by atoms with van der Waals surface area (Å²) in [6.45, 7) is 0.652. The molecular formula is C12H16ClNO2. The average molecular weight is 242 g/mol. The highest BCUT2D eigenvalue weighted by Crippen LogP contribution is 2.24. The summed E-state index contributed by atoms with van der Waals surface area (Å²) < 4.78 is 5.23. The molecule has 1 aromatic carbocycles. The van der Waals surface area contributed by atoms with Crippen molar-refractivity contribution in [2.24, 2.45) is 5.92 Å². The molecule has 0 aliphatic carbocycles. The largest absolute Gasteiger partial charge is 0.496 e. The predicted molar refractivity (Wildman–Crippen MR) is 65.2 cm³/mol. The van der Waals surface area contributed by atoms with Crippen LogP contribution in [0, 0.1) is 5.92 Å². The van der Waals surface area contributed by atoms with E-state index in [1.807, 2.05) is 19.2 Å². The van der Waals surface area contributed by atoms with Crippen LogP contribution < -0.4 is 10.1 Å². The maximum absolute atomic E-state index is 10.9. The van der Waals surface area contributed by atoms with Gasteiger partial charge in [-0.05, 0) is 37.2 Å². The first-order valence-electron chi connectivity index (χ1n) is 5.13. The molecule has 0 amide bonds. The van der Waals surface area contributed by atoms with Crippen LogP contribution in [0.3, 0.4) is 0 Å². The Balaban J connectivity index is 2.84. The number of carbonyl (C=O) groups is 1. The van der Waals surface area contributed by atoms with Crippen molar-refractivity contribution in [1.29, 1.82) is 0 Å². The maximum atomic E-state index is 10.9. The third-order valence-electron chi connectivity index (χ3n) is 2.38. The number of hydrogen-bond donors (Lipinski definition) is 1. The van der Waals surface area contributed by atoms with Gasteiger partial charge in [-0.1, -0.05) is 11.6 Å². The molecule has 1 atom stereocenters. The Hall–Kier alpha value is -1.06. The maximum Gasteiger partial charge on any atom is 0.124 e. The molecule has 0 saturated carbocycles. The zero-order chi connectivity index (χ0) is 12.0. The third-order valence-corrected chi connectivity index (χ3v) is 2.62. The van der Waals surface area contributed by atoms with Crippen LogP contribution in [0.4, 0.5) is 0 Å². The number of benzene rings is 1. The van der Waals surface area contributed by atoms with Crippen LogP contribution in [-0.4, -0.2) is 27.0 Å². The number of nitrogens with one attached hydrogen (secondary N) is 1. The van der Waals surface area contributed by atoms with Crippen molar-refractivity contribution in [1.82, 2.24) is 5.32 Å². The second-order valence-corrected chi connectivity index (χ2v) is 4.05.